The van der Waals surface area contributed by atoms with Gasteiger partial charge in [-0.1, -0.05) is 244 Å². The van der Waals surface area contributed by atoms with Crippen LogP contribution in [0.1, 0.15) is 284 Å². The highest BCUT2D eigenvalue weighted by Gasteiger charge is 2.17. The average molecular weight is 846 g/mol. The van der Waals surface area contributed by atoms with E-state index in [9.17, 15) is 19.8 Å². The maximum Gasteiger partial charge on any atom is 0.305 e. The zero-order valence-corrected chi connectivity index (χ0v) is 40.2. The molecular formula is C54H103NO5. The molecule has 0 aliphatic carbocycles. The number of hydrogen-bond donors (Lipinski definition) is 3. The van der Waals surface area contributed by atoms with Crippen LogP contribution < -0.4 is 5.32 Å². The fraction of sp³-hybridized carbons (Fsp3) is 0.889. The maximum atomic E-state index is 12.4. The van der Waals surface area contributed by atoms with Crippen molar-refractivity contribution in [1.29, 1.82) is 0 Å². The van der Waals surface area contributed by atoms with Gasteiger partial charge in [-0.15, -0.1) is 0 Å². The van der Waals surface area contributed by atoms with E-state index in [1.54, 1.807) is 6.08 Å². The van der Waals surface area contributed by atoms with Crippen LogP contribution in [-0.4, -0.2) is 47.4 Å². The van der Waals surface area contributed by atoms with Crippen LogP contribution >= 0.6 is 0 Å². The Balaban J connectivity index is 3.56. The Morgan fingerprint density at radius 3 is 1.22 bits per heavy atom. The number of rotatable bonds is 49. The monoisotopic (exact) mass is 846 g/mol. The van der Waals surface area contributed by atoms with Gasteiger partial charge in [0.25, 0.3) is 0 Å². The molecule has 0 spiro atoms. The van der Waals surface area contributed by atoms with Crippen LogP contribution in [0.2, 0.25) is 0 Å². The zero-order valence-electron chi connectivity index (χ0n) is 40.2. The lowest BCUT2D eigenvalue weighted by molar-refractivity contribution is -0.143. The molecule has 0 aromatic heterocycles. The number of carbonyl (C=O) groups is 2. The van der Waals surface area contributed by atoms with Gasteiger partial charge in [-0.25, -0.2) is 0 Å². The maximum absolute atomic E-state index is 12.4. The molecule has 6 nitrogen and oxygen atoms in total. The van der Waals surface area contributed by atoms with Crippen LogP contribution in [0.15, 0.2) is 24.3 Å². The summed E-state index contributed by atoms with van der Waals surface area (Å²) < 4.78 is 5.44. The van der Waals surface area contributed by atoms with Crippen molar-refractivity contribution in [2.24, 2.45) is 0 Å². The highest BCUT2D eigenvalue weighted by atomic mass is 16.5. The van der Waals surface area contributed by atoms with Gasteiger partial charge in [0.05, 0.1) is 25.4 Å². The molecule has 0 radical (unpaired) electrons. The molecule has 0 aromatic rings. The first-order valence-electron chi connectivity index (χ1n) is 26.6. The largest absolute Gasteiger partial charge is 0.466 e. The van der Waals surface area contributed by atoms with Gasteiger partial charge in [0, 0.05) is 12.8 Å². The Morgan fingerprint density at radius 2 is 0.800 bits per heavy atom. The van der Waals surface area contributed by atoms with Gasteiger partial charge in [0.15, 0.2) is 0 Å². The second-order valence-electron chi connectivity index (χ2n) is 18.2. The van der Waals surface area contributed by atoms with E-state index in [0.717, 1.165) is 70.6 Å². The van der Waals surface area contributed by atoms with Crippen molar-refractivity contribution in [3.63, 3.8) is 0 Å². The molecule has 2 atom stereocenters. The SMILES string of the molecule is CCCCCCCCCCCCCCCCCCC/C=C/C(O)C(CO)NC(=O)CCC/C=C\CCCCCCOC(=O)CCCCCCCCCCCCCCCCC. The van der Waals surface area contributed by atoms with Crippen LogP contribution in [0, 0.1) is 0 Å². The lowest BCUT2D eigenvalue weighted by Gasteiger charge is -2.19. The molecule has 60 heavy (non-hydrogen) atoms. The summed E-state index contributed by atoms with van der Waals surface area (Å²) in [4.78, 5) is 24.5. The van der Waals surface area contributed by atoms with Gasteiger partial charge < -0.3 is 20.3 Å². The van der Waals surface area contributed by atoms with Gasteiger partial charge in [-0.2, -0.15) is 0 Å². The van der Waals surface area contributed by atoms with Crippen molar-refractivity contribution in [1.82, 2.24) is 5.32 Å². The molecule has 0 bridgehead atoms. The summed E-state index contributed by atoms with van der Waals surface area (Å²) in [5, 5.41) is 23.1. The Kier molecular flexibility index (Phi) is 48.6. The van der Waals surface area contributed by atoms with E-state index < -0.39 is 12.1 Å². The van der Waals surface area contributed by atoms with Gasteiger partial charge >= 0.3 is 5.97 Å². The normalized spacial score (nSPS) is 12.8. The lowest BCUT2D eigenvalue weighted by atomic mass is 10.0. The van der Waals surface area contributed by atoms with Crippen molar-refractivity contribution in [3.05, 3.63) is 24.3 Å². The van der Waals surface area contributed by atoms with Crippen molar-refractivity contribution in [2.45, 2.75) is 296 Å². The number of amides is 1. The Hall–Kier alpha value is -1.66. The standard InChI is InChI=1S/C54H103NO5/c1-3-5-7-9-11-13-15-17-19-20-21-22-24-25-27-30-34-38-42-46-52(57)51(50-56)55-53(58)47-43-39-35-31-29-33-37-41-45-49-60-54(59)48-44-40-36-32-28-26-23-18-16-14-12-10-8-6-4-2/h31,35,42,46,51-52,56-57H,3-30,32-34,36-41,43-45,47-50H2,1-2H3,(H,55,58)/b35-31-,46-42+. The van der Waals surface area contributed by atoms with Crippen LogP contribution in [-0.2, 0) is 14.3 Å². The molecule has 6 heteroatoms. The minimum absolute atomic E-state index is 0.0350. The number of carbonyl (C=O) groups excluding carboxylic acids is 2. The number of aliphatic hydroxyl groups is 2. The molecule has 0 saturated heterocycles. The molecule has 0 rings (SSSR count). The van der Waals surface area contributed by atoms with Crippen molar-refractivity contribution in [3.8, 4) is 0 Å². The zero-order chi connectivity index (χ0) is 43.7. The van der Waals surface area contributed by atoms with Crippen LogP contribution in [0.4, 0.5) is 0 Å². The van der Waals surface area contributed by atoms with Gasteiger partial charge in [0.1, 0.15) is 0 Å². The highest BCUT2D eigenvalue weighted by molar-refractivity contribution is 5.76. The molecule has 0 heterocycles. The highest BCUT2D eigenvalue weighted by Crippen LogP contribution is 2.16. The summed E-state index contributed by atoms with van der Waals surface area (Å²) in [6.07, 6.45) is 59.0. The summed E-state index contributed by atoms with van der Waals surface area (Å²) in [5.74, 6) is -0.161. The summed E-state index contributed by atoms with van der Waals surface area (Å²) >= 11 is 0. The number of allylic oxidation sites excluding steroid dienone is 3. The fourth-order valence-electron chi connectivity index (χ4n) is 8.11. The van der Waals surface area contributed by atoms with Crippen molar-refractivity contribution < 1.29 is 24.5 Å². The van der Waals surface area contributed by atoms with E-state index in [1.165, 1.54) is 186 Å². The minimum Gasteiger partial charge on any atom is -0.466 e. The molecule has 0 aliphatic heterocycles. The van der Waals surface area contributed by atoms with Gasteiger partial charge in [0.2, 0.25) is 5.91 Å². The second-order valence-corrected chi connectivity index (χ2v) is 18.2. The van der Waals surface area contributed by atoms with Crippen molar-refractivity contribution >= 4 is 11.9 Å². The third-order valence-corrected chi connectivity index (χ3v) is 12.2. The van der Waals surface area contributed by atoms with E-state index in [1.807, 2.05) is 6.08 Å². The Labute approximate surface area is 373 Å². The van der Waals surface area contributed by atoms with Crippen LogP contribution in [0.3, 0.4) is 0 Å². The third-order valence-electron chi connectivity index (χ3n) is 12.2. The average Bonchev–Trinajstić information content (AvgIpc) is 3.25. The number of aliphatic hydroxyl groups excluding tert-OH is 2. The molecule has 0 aliphatic rings. The van der Waals surface area contributed by atoms with Crippen LogP contribution in [0.25, 0.3) is 0 Å². The van der Waals surface area contributed by atoms with E-state index >= 15 is 0 Å². The smallest absolute Gasteiger partial charge is 0.305 e. The van der Waals surface area contributed by atoms with E-state index in [0.29, 0.717) is 19.4 Å². The Bertz CT molecular complexity index is 935. The lowest BCUT2D eigenvalue weighted by Crippen LogP contribution is -2.45. The predicted molar refractivity (Wildman–Crippen MR) is 260 cm³/mol. The quantitative estimate of drug-likeness (QED) is 0.0322. The molecule has 3 N–H and O–H groups in total. The topological polar surface area (TPSA) is 95.9 Å². The summed E-state index contributed by atoms with van der Waals surface area (Å²) in [6, 6.07) is -0.665. The summed E-state index contributed by atoms with van der Waals surface area (Å²) in [5.41, 5.74) is 0. The molecular weight excluding hydrogens is 743 g/mol. The summed E-state index contributed by atoms with van der Waals surface area (Å²) in [6.45, 7) is 4.82. The van der Waals surface area contributed by atoms with E-state index in [2.05, 4.69) is 31.3 Å². The number of esters is 1. The predicted octanol–water partition coefficient (Wildman–Crippen LogP) is 15.9. The molecule has 0 saturated carbocycles. The first-order chi connectivity index (χ1) is 29.5. The van der Waals surface area contributed by atoms with E-state index in [-0.39, 0.29) is 18.5 Å². The van der Waals surface area contributed by atoms with E-state index in [4.69, 9.17) is 4.74 Å². The second kappa shape index (κ2) is 50.0. The first kappa shape index (κ1) is 58.3. The molecule has 0 fully saturated rings. The first-order valence-corrected chi connectivity index (χ1v) is 26.6. The summed E-state index contributed by atoms with van der Waals surface area (Å²) in [7, 11) is 0. The minimum atomic E-state index is -0.875. The number of hydrogen-bond acceptors (Lipinski definition) is 5. The molecule has 354 valence electrons. The molecule has 2 unspecified atom stereocenters. The number of unbranched alkanes of at least 4 members (excludes halogenated alkanes) is 36. The third kappa shape index (κ3) is 45.9. The van der Waals surface area contributed by atoms with Crippen LogP contribution in [0.5, 0.6) is 0 Å². The van der Waals surface area contributed by atoms with Gasteiger partial charge in [-0.3, -0.25) is 9.59 Å². The number of ether oxygens (including phenoxy) is 1. The molecule has 0 aromatic carbocycles. The fourth-order valence-corrected chi connectivity index (χ4v) is 8.11. The van der Waals surface area contributed by atoms with Crippen molar-refractivity contribution in [2.75, 3.05) is 13.2 Å². The number of nitrogens with one attached hydrogen (secondary N) is 1. The molecule has 1 amide bonds. The van der Waals surface area contributed by atoms with Gasteiger partial charge in [-0.05, 0) is 51.4 Å². The Morgan fingerprint density at radius 1 is 0.450 bits per heavy atom.